The van der Waals surface area contributed by atoms with E-state index in [-0.39, 0.29) is 6.10 Å². The van der Waals surface area contributed by atoms with Gasteiger partial charge in [-0.05, 0) is 49.1 Å². The van der Waals surface area contributed by atoms with Crippen molar-refractivity contribution in [2.45, 2.75) is 39.5 Å². The maximum atomic E-state index is 5.35. The van der Waals surface area contributed by atoms with Crippen molar-refractivity contribution in [3.63, 3.8) is 0 Å². The fourth-order valence-electron chi connectivity index (χ4n) is 2.39. The summed E-state index contributed by atoms with van der Waals surface area (Å²) >= 11 is 0. The molecule has 0 aliphatic heterocycles. The van der Waals surface area contributed by atoms with Gasteiger partial charge in [0, 0.05) is 19.7 Å². The van der Waals surface area contributed by atoms with Crippen LogP contribution >= 0.6 is 0 Å². The molecular formula is C19H25NO. The van der Waals surface area contributed by atoms with Crippen LogP contribution in [0.5, 0.6) is 0 Å². The average molecular weight is 283 g/mol. The van der Waals surface area contributed by atoms with Crippen LogP contribution < -0.4 is 5.32 Å². The van der Waals surface area contributed by atoms with Crippen LogP contribution in [0.25, 0.3) is 11.1 Å². The van der Waals surface area contributed by atoms with Gasteiger partial charge in [-0.1, -0.05) is 42.5 Å². The molecule has 0 aromatic heterocycles. The Morgan fingerprint density at radius 1 is 1.05 bits per heavy atom. The van der Waals surface area contributed by atoms with Crippen LogP contribution in [0.1, 0.15) is 25.0 Å². The molecule has 0 bridgehead atoms. The first-order valence-corrected chi connectivity index (χ1v) is 7.53. The lowest BCUT2D eigenvalue weighted by Crippen LogP contribution is -2.36. The van der Waals surface area contributed by atoms with E-state index < -0.39 is 0 Å². The monoisotopic (exact) mass is 283 g/mol. The van der Waals surface area contributed by atoms with Crippen molar-refractivity contribution in [2.75, 3.05) is 7.11 Å². The number of ether oxygens (including phenoxy) is 1. The first kappa shape index (κ1) is 15.7. The normalized spacial score (nSPS) is 13.9. The number of hydrogen-bond donors (Lipinski definition) is 1. The van der Waals surface area contributed by atoms with Gasteiger partial charge in [0.2, 0.25) is 0 Å². The lowest BCUT2D eigenvalue weighted by Gasteiger charge is -2.20. The second-order valence-electron chi connectivity index (χ2n) is 5.63. The van der Waals surface area contributed by atoms with Gasteiger partial charge in [-0.2, -0.15) is 0 Å². The first-order chi connectivity index (χ1) is 10.1. The molecule has 0 saturated carbocycles. The van der Waals surface area contributed by atoms with E-state index in [9.17, 15) is 0 Å². The molecular weight excluding hydrogens is 258 g/mol. The maximum absolute atomic E-state index is 5.35. The molecule has 112 valence electrons. The maximum Gasteiger partial charge on any atom is 0.0693 e. The van der Waals surface area contributed by atoms with Crippen LogP contribution in [0.3, 0.4) is 0 Å². The molecule has 0 aliphatic carbocycles. The number of aryl methyl sites for hydroxylation is 1. The smallest absolute Gasteiger partial charge is 0.0693 e. The zero-order valence-corrected chi connectivity index (χ0v) is 13.4. The van der Waals surface area contributed by atoms with Gasteiger partial charge in [-0.25, -0.2) is 0 Å². The van der Waals surface area contributed by atoms with Crippen LogP contribution in [0.4, 0.5) is 0 Å². The zero-order valence-electron chi connectivity index (χ0n) is 13.4. The van der Waals surface area contributed by atoms with Gasteiger partial charge in [-0.15, -0.1) is 0 Å². The zero-order chi connectivity index (χ0) is 15.2. The molecule has 2 heteroatoms. The summed E-state index contributed by atoms with van der Waals surface area (Å²) in [5, 5.41) is 3.52. The summed E-state index contributed by atoms with van der Waals surface area (Å²) in [5.74, 6) is 0. The first-order valence-electron chi connectivity index (χ1n) is 7.53. The molecule has 2 aromatic carbocycles. The topological polar surface area (TPSA) is 21.3 Å². The van der Waals surface area contributed by atoms with Gasteiger partial charge in [0.05, 0.1) is 6.10 Å². The molecule has 2 rings (SSSR count). The highest BCUT2D eigenvalue weighted by molar-refractivity contribution is 5.67. The highest BCUT2D eigenvalue weighted by atomic mass is 16.5. The van der Waals surface area contributed by atoms with Crippen LogP contribution in [0, 0.1) is 6.92 Å². The lowest BCUT2D eigenvalue weighted by atomic mass is 9.99. The number of nitrogens with one attached hydrogen (secondary N) is 1. The quantitative estimate of drug-likeness (QED) is 0.859. The number of methoxy groups -OCH3 is 1. The SMILES string of the molecule is CO[C@H](C)[C@@H](C)NCc1cccc(-c2ccccc2C)c1. The highest BCUT2D eigenvalue weighted by Gasteiger charge is 2.10. The third kappa shape index (κ3) is 4.16. The van der Waals surface area contributed by atoms with Gasteiger partial charge in [0.1, 0.15) is 0 Å². The molecule has 0 saturated heterocycles. The van der Waals surface area contributed by atoms with Crippen LogP contribution in [0.2, 0.25) is 0 Å². The van der Waals surface area contributed by atoms with Crippen molar-refractivity contribution in [3.8, 4) is 11.1 Å². The summed E-state index contributed by atoms with van der Waals surface area (Å²) < 4.78 is 5.35. The Hall–Kier alpha value is -1.64. The second-order valence-corrected chi connectivity index (χ2v) is 5.63. The van der Waals surface area contributed by atoms with Crippen LogP contribution in [0.15, 0.2) is 48.5 Å². The van der Waals surface area contributed by atoms with Crippen LogP contribution in [-0.4, -0.2) is 19.3 Å². The number of benzene rings is 2. The standard InChI is InChI=1S/C19H25NO/c1-14-8-5-6-11-19(14)18-10-7-9-17(12-18)13-20-15(2)16(3)21-4/h5-12,15-16,20H,13H2,1-4H3/t15-,16-/m1/s1. The Kier molecular flexibility index (Phi) is 5.54. The van der Waals surface area contributed by atoms with E-state index in [0.29, 0.717) is 6.04 Å². The average Bonchev–Trinajstić information content (AvgIpc) is 2.52. The van der Waals surface area contributed by atoms with Crippen molar-refractivity contribution >= 4 is 0 Å². The van der Waals surface area contributed by atoms with Gasteiger partial charge in [0.15, 0.2) is 0 Å². The third-order valence-corrected chi connectivity index (χ3v) is 4.09. The lowest BCUT2D eigenvalue weighted by molar-refractivity contribution is 0.0882. The Morgan fingerprint density at radius 3 is 2.52 bits per heavy atom. The predicted octanol–water partition coefficient (Wildman–Crippen LogP) is 4.18. The van der Waals surface area contributed by atoms with E-state index in [1.54, 1.807) is 7.11 Å². The molecule has 2 nitrogen and oxygen atoms in total. The predicted molar refractivity (Wildman–Crippen MR) is 89.4 cm³/mol. The van der Waals surface area contributed by atoms with E-state index in [4.69, 9.17) is 4.74 Å². The minimum absolute atomic E-state index is 0.213. The molecule has 0 aliphatic rings. The highest BCUT2D eigenvalue weighted by Crippen LogP contribution is 2.23. The molecule has 1 N–H and O–H groups in total. The van der Waals surface area contributed by atoms with E-state index in [1.165, 1.54) is 22.3 Å². The van der Waals surface area contributed by atoms with Gasteiger partial charge in [-0.3, -0.25) is 0 Å². The van der Waals surface area contributed by atoms with Crippen molar-refractivity contribution in [1.82, 2.24) is 5.32 Å². The minimum Gasteiger partial charge on any atom is -0.380 e. The Labute approximate surface area is 128 Å². The fourth-order valence-corrected chi connectivity index (χ4v) is 2.39. The summed E-state index contributed by atoms with van der Waals surface area (Å²) in [6.07, 6.45) is 0.213. The fraction of sp³-hybridized carbons (Fsp3) is 0.368. The van der Waals surface area contributed by atoms with Gasteiger partial charge < -0.3 is 10.1 Å². The van der Waals surface area contributed by atoms with Crippen molar-refractivity contribution in [3.05, 3.63) is 59.7 Å². The summed E-state index contributed by atoms with van der Waals surface area (Å²) in [4.78, 5) is 0. The molecule has 2 aromatic rings. The van der Waals surface area contributed by atoms with Crippen molar-refractivity contribution in [1.29, 1.82) is 0 Å². The molecule has 2 atom stereocenters. The van der Waals surface area contributed by atoms with Crippen molar-refractivity contribution < 1.29 is 4.74 Å². The Morgan fingerprint density at radius 2 is 1.81 bits per heavy atom. The van der Waals surface area contributed by atoms with E-state index in [0.717, 1.165) is 6.54 Å². The molecule has 0 amide bonds. The summed E-state index contributed by atoms with van der Waals surface area (Å²) in [7, 11) is 1.75. The summed E-state index contributed by atoms with van der Waals surface area (Å²) in [6.45, 7) is 7.25. The molecule has 0 fully saturated rings. The Bertz CT molecular complexity index is 579. The minimum atomic E-state index is 0.213. The third-order valence-electron chi connectivity index (χ3n) is 4.09. The van der Waals surface area contributed by atoms with E-state index in [2.05, 4.69) is 74.6 Å². The second kappa shape index (κ2) is 7.39. The van der Waals surface area contributed by atoms with Gasteiger partial charge in [0.25, 0.3) is 0 Å². The summed E-state index contributed by atoms with van der Waals surface area (Å²) in [5.41, 5.74) is 5.19. The number of rotatable bonds is 6. The Balaban J connectivity index is 2.10. The van der Waals surface area contributed by atoms with Crippen molar-refractivity contribution in [2.24, 2.45) is 0 Å². The van der Waals surface area contributed by atoms with Crippen LogP contribution in [-0.2, 0) is 11.3 Å². The largest absolute Gasteiger partial charge is 0.380 e. The molecule has 21 heavy (non-hydrogen) atoms. The molecule has 0 spiro atoms. The molecule has 0 heterocycles. The molecule has 0 radical (unpaired) electrons. The molecule has 0 unspecified atom stereocenters. The summed E-state index contributed by atoms with van der Waals surface area (Å²) in [6, 6.07) is 17.6. The number of hydrogen-bond acceptors (Lipinski definition) is 2. The van der Waals surface area contributed by atoms with E-state index in [1.807, 2.05) is 0 Å². The van der Waals surface area contributed by atoms with E-state index >= 15 is 0 Å². The van der Waals surface area contributed by atoms with Gasteiger partial charge >= 0.3 is 0 Å².